The number of fused-ring (bicyclic) bond motifs is 1. The smallest absolute Gasteiger partial charge is 0.254 e. The van der Waals surface area contributed by atoms with Gasteiger partial charge in [-0.2, -0.15) is 0 Å². The number of amides is 2. The lowest BCUT2D eigenvalue weighted by Crippen LogP contribution is -2.34. The van der Waals surface area contributed by atoms with Gasteiger partial charge in [-0.15, -0.1) is 0 Å². The monoisotopic (exact) mass is 381 g/mol. The molecule has 1 aromatic rings. The molecule has 1 aliphatic heterocycles. The fourth-order valence-corrected chi connectivity index (χ4v) is 4.89. The number of imide groups is 1. The van der Waals surface area contributed by atoms with Crippen LogP contribution < -0.4 is 0 Å². The molecule has 1 atom stereocenters. The van der Waals surface area contributed by atoms with E-state index >= 15 is 0 Å². The van der Waals surface area contributed by atoms with Crippen molar-refractivity contribution in [2.45, 2.75) is 79.7 Å². The van der Waals surface area contributed by atoms with E-state index in [9.17, 15) is 9.59 Å². The van der Waals surface area contributed by atoms with Crippen molar-refractivity contribution in [3.05, 3.63) is 46.0 Å². The third kappa shape index (κ3) is 4.09. The van der Waals surface area contributed by atoms with Gasteiger partial charge in [-0.25, -0.2) is 0 Å². The summed E-state index contributed by atoms with van der Waals surface area (Å²) in [7, 11) is 0. The predicted molar refractivity (Wildman–Crippen MR) is 114 cm³/mol. The molecule has 2 amide bonds. The molecule has 0 saturated carbocycles. The summed E-state index contributed by atoms with van der Waals surface area (Å²) in [4.78, 5) is 26.3. The maximum absolute atomic E-state index is 12.4. The number of nitrogens with zero attached hydrogens (tertiary/aromatic N) is 1. The Kier molecular flexibility index (Phi) is 6.12. The van der Waals surface area contributed by atoms with Gasteiger partial charge in [-0.1, -0.05) is 47.6 Å². The van der Waals surface area contributed by atoms with Crippen LogP contribution in [0.15, 0.2) is 18.2 Å². The fraction of sp³-hybridized carbons (Fsp3) is 0.600. The number of hydrogen-bond donors (Lipinski definition) is 0. The Labute approximate surface area is 170 Å². The third-order valence-electron chi connectivity index (χ3n) is 5.80. The molecule has 2 aliphatic rings. The first-order valence-corrected chi connectivity index (χ1v) is 10.9. The molecule has 0 aromatic heterocycles. The maximum atomic E-state index is 12.4. The van der Waals surface area contributed by atoms with Gasteiger partial charge in [-0.05, 0) is 77.7 Å². The van der Waals surface area contributed by atoms with Gasteiger partial charge >= 0.3 is 0 Å². The van der Waals surface area contributed by atoms with E-state index in [4.69, 9.17) is 0 Å². The average Bonchev–Trinajstić information content (AvgIpc) is 3.12. The van der Waals surface area contributed by atoms with E-state index in [1.807, 2.05) is 0 Å². The Morgan fingerprint density at radius 1 is 0.857 bits per heavy atom. The van der Waals surface area contributed by atoms with Crippen molar-refractivity contribution >= 4 is 11.8 Å². The highest BCUT2D eigenvalue weighted by Gasteiger charge is 2.38. The summed E-state index contributed by atoms with van der Waals surface area (Å²) in [5.41, 5.74) is 7.02. The van der Waals surface area contributed by atoms with Gasteiger partial charge in [0, 0.05) is 12.2 Å². The van der Waals surface area contributed by atoms with E-state index in [0.717, 1.165) is 32.1 Å². The maximum Gasteiger partial charge on any atom is 0.254 e. The molecule has 1 aliphatic carbocycles. The quantitative estimate of drug-likeness (QED) is 0.609. The largest absolute Gasteiger partial charge is 0.269 e. The Morgan fingerprint density at radius 3 is 1.93 bits per heavy atom. The van der Waals surface area contributed by atoms with Crippen molar-refractivity contribution in [1.29, 1.82) is 0 Å². The van der Waals surface area contributed by atoms with Gasteiger partial charge < -0.3 is 0 Å². The van der Waals surface area contributed by atoms with Gasteiger partial charge in [0.2, 0.25) is 0 Å². The van der Waals surface area contributed by atoms with E-state index < -0.39 is 0 Å². The zero-order chi connectivity index (χ0) is 20.6. The van der Waals surface area contributed by atoms with E-state index in [1.165, 1.54) is 44.9 Å². The first-order chi connectivity index (χ1) is 13.2. The molecule has 0 spiro atoms. The molecule has 0 saturated heterocycles. The number of rotatable bonds is 7. The highest BCUT2D eigenvalue weighted by atomic mass is 16.2. The zero-order valence-electron chi connectivity index (χ0n) is 18.3. The molecule has 0 fully saturated rings. The van der Waals surface area contributed by atoms with Crippen molar-refractivity contribution in [3.8, 4) is 0 Å². The van der Waals surface area contributed by atoms with Crippen LogP contribution in [-0.2, 0) is 35.3 Å². The lowest BCUT2D eigenvalue weighted by Gasteiger charge is -2.29. The van der Waals surface area contributed by atoms with Crippen molar-refractivity contribution in [2.24, 2.45) is 17.8 Å². The lowest BCUT2D eigenvalue weighted by molar-refractivity contribution is -0.139. The van der Waals surface area contributed by atoms with Gasteiger partial charge in [0.25, 0.3) is 11.8 Å². The Morgan fingerprint density at radius 2 is 1.39 bits per heavy atom. The van der Waals surface area contributed by atoms with Crippen molar-refractivity contribution in [3.63, 3.8) is 0 Å². The molecule has 152 valence electrons. The van der Waals surface area contributed by atoms with Crippen LogP contribution in [0.25, 0.3) is 0 Å². The molecule has 0 unspecified atom stereocenters. The summed E-state index contributed by atoms with van der Waals surface area (Å²) in [5.74, 6) is 1.41. The number of hydrogen-bond acceptors (Lipinski definition) is 2. The first-order valence-electron chi connectivity index (χ1n) is 10.9. The zero-order valence-corrected chi connectivity index (χ0v) is 18.3. The van der Waals surface area contributed by atoms with E-state index in [1.54, 1.807) is 0 Å². The van der Waals surface area contributed by atoms with E-state index in [0.29, 0.717) is 17.8 Å². The highest BCUT2D eigenvalue weighted by Crippen LogP contribution is 2.43. The number of aryl methyl sites for hydroxylation is 1. The highest BCUT2D eigenvalue weighted by molar-refractivity contribution is 6.13. The van der Waals surface area contributed by atoms with Crippen LogP contribution >= 0.6 is 0 Å². The lowest BCUT2D eigenvalue weighted by atomic mass is 9.81. The van der Waals surface area contributed by atoms with Crippen LogP contribution in [0.2, 0.25) is 0 Å². The van der Waals surface area contributed by atoms with E-state index in [-0.39, 0.29) is 17.9 Å². The molecule has 3 rings (SSSR count). The summed E-state index contributed by atoms with van der Waals surface area (Å²) in [6.45, 7) is 13.6. The Hall–Kier alpha value is -1.90. The van der Waals surface area contributed by atoms with Crippen LogP contribution in [0.4, 0.5) is 0 Å². The minimum atomic E-state index is -0.157. The minimum absolute atomic E-state index is 0.0993. The standard InChI is InChI=1S/C25H35NO2/c1-15(2)11-19-14-18-7-8-22(26-23(27)9-10-24(26)28)25(18)21(13-17(5)6)20(19)12-16(3)4/h9-10,14-17,22H,7-8,11-13H2,1-6H3/t22-/m0/s1. The second-order valence-corrected chi connectivity index (χ2v) is 9.79. The fourth-order valence-electron chi connectivity index (χ4n) is 4.89. The molecule has 28 heavy (non-hydrogen) atoms. The van der Waals surface area contributed by atoms with Gasteiger partial charge in [0.1, 0.15) is 0 Å². The SMILES string of the molecule is CC(C)Cc1cc2c(c(CC(C)C)c1CC(C)C)[C@@H](N1C(=O)C=CC1=O)CC2. The van der Waals surface area contributed by atoms with Crippen molar-refractivity contribution in [1.82, 2.24) is 4.90 Å². The van der Waals surface area contributed by atoms with Crippen molar-refractivity contribution in [2.75, 3.05) is 0 Å². The minimum Gasteiger partial charge on any atom is -0.269 e. The molecule has 3 nitrogen and oxygen atoms in total. The first kappa shape index (κ1) is 20.8. The Balaban J connectivity index is 2.17. The van der Waals surface area contributed by atoms with Gasteiger partial charge in [-0.3, -0.25) is 14.5 Å². The predicted octanol–water partition coefficient (Wildman–Crippen LogP) is 5.19. The molecule has 1 aromatic carbocycles. The van der Waals surface area contributed by atoms with Crippen LogP contribution in [0.3, 0.4) is 0 Å². The summed E-state index contributed by atoms with van der Waals surface area (Å²) >= 11 is 0. The normalized spacial score (nSPS) is 19.0. The van der Waals surface area contributed by atoms with Gasteiger partial charge in [0.15, 0.2) is 0 Å². The Bertz CT molecular complexity index is 783. The van der Waals surface area contributed by atoms with Gasteiger partial charge in [0.05, 0.1) is 6.04 Å². The second-order valence-electron chi connectivity index (χ2n) is 9.79. The molecule has 0 bridgehead atoms. The molecule has 0 N–H and O–H groups in total. The van der Waals surface area contributed by atoms with Crippen molar-refractivity contribution < 1.29 is 9.59 Å². The van der Waals surface area contributed by atoms with Crippen LogP contribution in [0.5, 0.6) is 0 Å². The molecule has 1 heterocycles. The summed E-state index contributed by atoms with van der Waals surface area (Å²) in [6.07, 6.45) is 7.81. The summed E-state index contributed by atoms with van der Waals surface area (Å²) in [5, 5.41) is 0. The number of benzene rings is 1. The van der Waals surface area contributed by atoms with Crippen LogP contribution in [-0.4, -0.2) is 16.7 Å². The van der Waals surface area contributed by atoms with Crippen LogP contribution in [0, 0.1) is 17.8 Å². The molecular weight excluding hydrogens is 346 g/mol. The second kappa shape index (κ2) is 8.23. The van der Waals surface area contributed by atoms with Crippen LogP contribution in [0.1, 0.15) is 81.8 Å². The topological polar surface area (TPSA) is 37.4 Å². The molecule has 0 radical (unpaired) electrons. The average molecular weight is 382 g/mol. The van der Waals surface area contributed by atoms with E-state index in [2.05, 4.69) is 47.6 Å². The number of carbonyl (C=O) groups excluding carboxylic acids is 2. The summed E-state index contributed by atoms with van der Waals surface area (Å²) < 4.78 is 0. The third-order valence-corrected chi connectivity index (χ3v) is 5.80. The molecular formula is C25H35NO2. The number of carbonyl (C=O) groups is 2. The molecule has 3 heteroatoms. The summed E-state index contributed by atoms with van der Waals surface area (Å²) in [6, 6.07) is 2.30.